The van der Waals surface area contributed by atoms with Gasteiger partial charge in [-0.05, 0) is 54.4 Å². The topological polar surface area (TPSA) is 12.0 Å². The molecule has 1 atom stereocenters. The van der Waals surface area contributed by atoms with Gasteiger partial charge in [0.25, 0.3) is 0 Å². The first-order valence-corrected chi connectivity index (χ1v) is 7.28. The van der Waals surface area contributed by atoms with Crippen LogP contribution in [0.3, 0.4) is 0 Å². The lowest BCUT2D eigenvalue weighted by Crippen LogP contribution is -2.23. The fourth-order valence-electron chi connectivity index (χ4n) is 2.20. The minimum Gasteiger partial charge on any atom is -0.310 e. The van der Waals surface area contributed by atoms with Crippen LogP contribution in [0.2, 0.25) is 10.0 Å². The van der Waals surface area contributed by atoms with Crippen LogP contribution in [0.1, 0.15) is 24.1 Å². The highest BCUT2D eigenvalue weighted by atomic mass is 35.5. The minimum atomic E-state index is -0.237. The summed E-state index contributed by atoms with van der Waals surface area (Å²) in [6.45, 7) is 2.81. The number of benzene rings is 2. The van der Waals surface area contributed by atoms with Crippen molar-refractivity contribution in [3.05, 3.63) is 69.5 Å². The Kier molecular flexibility index (Phi) is 5.41. The van der Waals surface area contributed by atoms with Crippen molar-refractivity contribution in [3.63, 3.8) is 0 Å². The Morgan fingerprint density at radius 1 is 1.10 bits per heavy atom. The van der Waals surface area contributed by atoms with Crippen molar-refractivity contribution in [1.82, 2.24) is 5.32 Å². The van der Waals surface area contributed by atoms with Gasteiger partial charge in [-0.25, -0.2) is 4.39 Å². The number of halogens is 3. The lowest BCUT2D eigenvalue weighted by atomic mass is 9.98. The molecule has 1 unspecified atom stereocenters. The van der Waals surface area contributed by atoms with E-state index < -0.39 is 0 Å². The first-order valence-electron chi connectivity index (χ1n) is 6.53. The molecule has 106 valence electrons. The minimum absolute atomic E-state index is 0.00617. The highest BCUT2D eigenvalue weighted by molar-refractivity contribution is 6.30. The summed E-state index contributed by atoms with van der Waals surface area (Å²) in [7, 11) is 0. The maximum absolute atomic E-state index is 13.9. The molecular formula is C16H16Cl2FN. The number of nitrogens with one attached hydrogen (secondary N) is 1. The van der Waals surface area contributed by atoms with Crippen LogP contribution in [-0.2, 0) is 6.42 Å². The van der Waals surface area contributed by atoms with Gasteiger partial charge in [0, 0.05) is 16.1 Å². The summed E-state index contributed by atoms with van der Waals surface area (Å²) >= 11 is 12.0. The standard InChI is InChI=1S/C16H16Cl2FN/c1-2-20-16(11-4-3-5-13(17)8-11)10-12-9-14(18)6-7-15(12)19/h3-9,16,20H,2,10H2,1H3. The summed E-state index contributed by atoms with van der Waals surface area (Å²) in [4.78, 5) is 0. The van der Waals surface area contributed by atoms with Gasteiger partial charge in [-0.3, -0.25) is 0 Å². The fourth-order valence-corrected chi connectivity index (χ4v) is 2.59. The van der Waals surface area contributed by atoms with E-state index in [1.807, 2.05) is 31.2 Å². The van der Waals surface area contributed by atoms with Crippen molar-refractivity contribution in [2.75, 3.05) is 6.54 Å². The zero-order valence-electron chi connectivity index (χ0n) is 11.2. The van der Waals surface area contributed by atoms with Crippen LogP contribution >= 0.6 is 23.2 Å². The van der Waals surface area contributed by atoms with E-state index in [-0.39, 0.29) is 11.9 Å². The Morgan fingerprint density at radius 3 is 2.55 bits per heavy atom. The molecule has 20 heavy (non-hydrogen) atoms. The average molecular weight is 312 g/mol. The molecule has 0 saturated heterocycles. The second-order valence-corrected chi connectivity index (χ2v) is 5.48. The third-order valence-electron chi connectivity index (χ3n) is 3.13. The molecule has 0 heterocycles. The molecule has 2 aromatic carbocycles. The van der Waals surface area contributed by atoms with Crippen molar-refractivity contribution >= 4 is 23.2 Å². The van der Waals surface area contributed by atoms with Crippen LogP contribution < -0.4 is 5.32 Å². The Labute approximate surface area is 128 Å². The Bertz CT molecular complexity index is 586. The molecule has 0 aliphatic rings. The highest BCUT2D eigenvalue weighted by Crippen LogP contribution is 2.24. The van der Waals surface area contributed by atoms with Gasteiger partial charge in [0.05, 0.1) is 0 Å². The van der Waals surface area contributed by atoms with E-state index in [0.717, 1.165) is 12.1 Å². The number of hydrogen-bond acceptors (Lipinski definition) is 1. The summed E-state index contributed by atoms with van der Waals surface area (Å²) in [5.74, 6) is -0.237. The third-order valence-corrected chi connectivity index (χ3v) is 3.60. The summed E-state index contributed by atoms with van der Waals surface area (Å²) in [6, 6.07) is 12.3. The van der Waals surface area contributed by atoms with E-state index in [9.17, 15) is 4.39 Å². The molecule has 4 heteroatoms. The van der Waals surface area contributed by atoms with Crippen LogP contribution in [-0.4, -0.2) is 6.54 Å². The highest BCUT2D eigenvalue weighted by Gasteiger charge is 2.14. The zero-order chi connectivity index (χ0) is 14.5. The summed E-state index contributed by atoms with van der Waals surface area (Å²) in [6.07, 6.45) is 0.528. The molecule has 1 nitrogen and oxygen atoms in total. The number of rotatable bonds is 5. The molecule has 2 aromatic rings. The van der Waals surface area contributed by atoms with Gasteiger partial charge < -0.3 is 5.32 Å². The number of hydrogen-bond donors (Lipinski definition) is 1. The predicted molar refractivity (Wildman–Crippen MR) is 83.0 cm³/mol. The fraction of sp³-hybridized carbons (Fsp3) is 0.250. The van der Waals surface area contributed by atoms with Crippen molar-refractivity contribution in [1.29, 1.82) is 0 Å². The maximum Gasteiger partial charge on any atom is 0.126 e. The smallest absolute Gasteiger partial charge is 0.126 e. The molecule has 2 rings (SSSR count). The molecular weight excluding hydrogens is 296 g/mol. The van der Waals surface area contributed by atoms with Gasteiger partial charge in [-0.15, -0.1) is 0 Å². The van der Waals surface area contributed by atoms with E-state index in [2.05, 4.69) is 5.32 Å². The van der Waals surface area contributed by atoms with Crippen LogP contribution in [0.15, 0.2) is 42.5 Å². The molecule has 0 aliphatic heterocycles. The Hall–Kier alpha value is -1.09. The second kappa shape index (κ2) is 7.07. The van der Waals surface area contributed by atoms with Gasteiger partial charge in [0.15, 0.2) is 0 Å². The molecule has 0 amide bonds. The molecule has 0 fully saturated rings. The Morgan fingerprint density at radius 2 is 1.85 bits per heavy atom. The van der Waals surface area contributed by atoms with Crippen molar-refractivity contribution in [2.45, 2.75) is 19.4 Å². The lowest BCUT2D eigenvalue weighted by molar-refractivity contribution is 0.528. The summed E-state index contributed by atoms with van der Waals surface area (Å²) in [5.41, 5.74) is 1.64. The molecule has 0 bridgehead atoms. The summed E-state index contributed by atoms with van der Waals surface area (Å²) < 4.78 is 13.9. The number of likely N-dealkylation sites (N-methyl/N-ethyl adjacent to an activating group) is 1. The largest absolute Gasteiger partial charge is 0.310 e. The summed E-state index contributed by atoms with van der Waals surface area (Å²) in [5, 5.41) is 4.57. The molecule has 0 spiro atoms. The molecule has 0 radical (unpaired) electrons. The zero-order valence-corrected chi connectivity index (χ0v) is 12.7. The second-order valence-electron chi connectivity index (χ2n) is 4.61. The van der Waals surface area contributed by atoms with Crippen molar-refractivity contribution in [3.8, 4) is 0 Å². The molecule has 0 aliphatic carbocycles. The first-order chi connectivity index (χ1) is 9.60. The predicted octanol–water partition coefficient (Wildman–Crippen LogP) is 5.03. The van der Waals surface area contributed by atoms with E-state index in [0.29, 0.717) is 22.0 Å². The van der Waals surface area contributed by atoms with Gasteiger partial charge in [0.2, 0.25) is 0 Å². The molecule has 0 aromatic heterocycles. The van der Waals surface area contributed by atoms with E-state index in [1.54, 1.807) is 12.1 Å². The third kappa shape index (κ3) is 3.95. The van der Waals surface area contributed by atoms with Crippen molar-refractivity contribution < 1.29 is 4.39 Å². The van der Waals surface area contributed by atoms with Gasteiger partial charge in [0.1, 0.15) is 5.82 Å². The van der Waals surface area contributed by atoms with Crippen molar-refractivity contribution in [2.24, 2.45) is 0 Å². The van der Waals surface area contributed by atoms with Crippen LogP contribution in [0.5, 0.6) is 0 Å². The maximum atomic E-state index is 13.9. The van der Waals surface area contributed by atoms with Crippen LogP contribution in [0.4, 0.5) is 4.39 Å². The van der Waals surface area contributed by atoms with Gasteiger partial charge in [-0.1, -0.05) is 42.3 Å². The van der Waals surface area contributed by atoms with E-state index >= 15 is 0 Å². The Balaban J connectivity index is 2.27. The van der Waals surface area contributed by atoms with E-state index in [4.69, 9.17) is 23.2 Å². The SMILES string of the molecule is CCNC(Cc1cc(Cl)ccc1F)c1cccc(Cl)c1. The van der Waals surface area contributed by atoms with E-state index in [1.165, 1.54) is 6.07 Å². The van der Waals surface area contributed by atoms with Crippen LogP contribution in [0.25, 0.3) is 0 Å². The van der Waals surface area contributed by atoms with Gasteiger partial charge >= 0.3 is 0 Å². The monoisotopic (exact) mass is 311 g/mol. The lowest BCUT2D eigenvalue weighted by Gasteiger charge is -2.19. The average Bonchev–Trinajstić information content (AvgIpc) is 2.42. The molecule has 0 saturated carbocycles. The first kappa shape index (κ1) is 15.3. The van der Waals surface area contributed by atoms with Gasteiger partial charge in [-0.2, -0.15) is 0 Å². The molecule has 1 N–H and O–H groups in total. The normalized spacial score (nSPS) is 12.4. The van der Waals surface area contributed by atoms with Crippen LogP contribution in [0, 0.1) is 5.82 Å². The quantitative estimate of drug-likeness (QED) is 0.817.